The zero-order valence-corrected chi connectivity index (χ0v) is 82.2. The van der Waals surface area contributed by atoms with Gasteiger partial charge in [0, 0.05) is 123 Å². The van der Waals surface area contributed by atoms with Crippen LogP contribution in [0.4, 0.5) is 13.2 Å². The minimum absolute atomic E-state index is 0. The Hall–Kier alpha value is -12.7. The predicted molar refractivity (Wildman–Crippen MR) is 538 cm³/mol. The van der Waals surface area contributed by atoms with E-state index >= 15 is 0 Å². The third-order valence-electron chi connectivity index (χ3n) is 26.0. The van der Waals surface area contributed by atoms with Gasteiger partial charge in [0.15, 0.2) is 40.5 Å². The number of methoxy groups -OCH3 is 4. The zero-order chi connectivity index (χ0) is 101. The van der Waals surface area contributed by atoms with E-state index in [1.54, 1.807) is 69.7 Å². The van der Waals surface area contributed by atoms with Crippen LogP contribution in [-0.2, 0) is 26.2 Å². The van der Waals surface area contributed by atoms with E-state index in [0.717, 1.165) is 179 Å². The largest absolute Gasteiger partial charge is 1.00 e. The number of Topliss-reactive ketones (excluding diaryl/α,β-unsaturated/α-hetero) is 7. The molecule has 0 saturated carbocycles. The molecule has 0 unspecified atom stereocenters. The SMILES string of the molecule is C.CC(=O)c1ccc(C(=O)O)nc1.COc1ccc(CN2CCC(CC(=O)c3ccc(C(=O)N4CCC(C(=O)c5ccc(F)cc5)CC4)cn3)CC2)cc1.COc1ccc(CN2CCC(CC(=O)c3ccc(C(=O)O)cn3)CC2)cc1.COc1ccc(CN2CCC(CC(=O)c3ccc(C(C)=O)cn3)CC2)cc1.COc1ccc(CN2CCC(N)CC2)cc1.O=C(c1ccc(F)cc1)C1CCNCC1.[2H]CF.[Li+].[OH-]. The smallest absolute Gasteiger partial charge is 0.870 e. The first-order valence-corrected chi connectivity index (χ1v) is 47.6. The maximum absolute atomic E-state index is 13.2. The van der Waals surface area contributed by atoms with Crippen LogP contribution in [0, 0.1) is 41.2 Å². The molecule has 6 saturated heterocycles. The Kier molecular flexibility index (Phi) is 49.6. The molecule has 10 heterocycles. The van der Waals surface area contributed by atoms with Gasteiger partial charge in [0.05, 0.1) is 48.1 Å². The second kappa shape index (κ2) is 61.3. The fourth-order valence-corrected chi connectivity index (χ4v) is 17.4. The number of piperidine rings is 6. The minimum Gasteiger partial charge on any atom is -0.870 e. The second-order valence-electron chi connectivity index (χ2n) is 35.8. The summed E-state index contributed by atoms with van der Waals surface area (Å²) in [7, 11) is 5.70. The molecule has 0 atom stereocenters. The number of halogens is 3. The number of rotatable bonds is 30. The van der Waals surface area contributed by atoms with Gasteiger partial charge in [-0.15, -0.1) is 0 Å². The number of carboxylic acid groups (broad SMARTS) is 2. The molecule has 6 aromatic carbocycles. The van der Waals surface area contributed by atoms with Crippen molar-refractivity contribution in [2.75, 3.05) is 114 Å². The number of likely N-dealkylation sites (tertiary alicyclic amines) is 5. The van der Waals surface area contributed by atoms with Crippen molar-refractivity contribution in [3.05, 3.63) is 309 Å². The van der Waals surface area contributed by atoms with E-state index < -0.39 is 19.1 Å². The quantitative estimate of drug-likeness (QED) is 0.0240. The van der Waals surface area contributed by atoms with Gasteiger partial charge in [-0.05, 0) is 342 Å². The molecule has 32 heteroatoms. The maximum Gasteiger partial charge on any atom is 1.00 e. The molecular weight excluding hydrogens is 1820 g/mol. The number of alkyl halides is 1. The van der Waals surface area contributed by atoms with Gasteiger partial charge in [0.25, 0.3) is 5.91 Å². The van der Waals surface area contributed by atoms with Gasteiger partial charge in [-0.3, -0.25) is 77.3 Å². The number of ether oxygens (including phenoxy) is 4. The summed E-state index contributed by atoms with van der Waals surface area (Å²) in [5, 5.41) is 20.6. The summed E-state index contributed by atoms with van der Waals surface area (Å²) < 4.78 is 62.1. The molecule has 0 aliphatic carbocycles. The van der Waals surface area contributed by atoms with Crippen molar-refractivity contribution in [1.29, 1.82) is 0 Å². The Balaban J connectivity index is 0.000000243. The topological polar surface area (TPSA) is 384 Å². The number of hydrogen-bond donors (Lipinski definition) is 4. The van der Waals surface area contributed by atoms with E-state index in [1.165, 1.54) is 122 Å². The fourth-order valence-electron chi connectivity index (χ4n) is 17.4. The summed E-state index contributed by atoms with van der Waals surface area (Å²) in [6, 6.07) is 56.9. The Morgan fingerprint density at radius 2 is 0.636 bits per heavy atom. The zero-order valence-electron chi connectivity index (χ0n) is 83.2. The van der Waals surface area contributed by atoms with Crippen molar-refractivity contribution in [1.82, 2.24) is 49.8 Å². The van der Waals surface area contributed by atoms with Gasteiger partial charge in [-0.1, -0.05) is 56.0 Å². The van der Waals surface area contributed by atoms with E-state index in [1.807, 2.05) is 48.5 Å². The van der Waals surface area contributed by atoms with Crippen molar-refractivity contribution in [3.8, 4) is 23.0 Å². The molecule has 0 spiro atoms. The number of benzene rings is 6. The number of aromatic nitrogens is 4. The van der Waals surface area contributed by atoms with Crippen LogP contribution in [0.25, 0.3) is 0 Å². The molecular formula is C111H135F3LiN11O17. The number of carbonyl (C=O) groups excluding carboxylic acids is 8. The van der Waals surface area contributed by atoms with Gasteiger partial charge in [-0.25, -0.2) is 23.4 Å². The van der Waals surface area contributed by atoms with Crippen LogP contribution in [0.2, 0.25) is 0 Å². The molecule has 16 rings (SSSR count). The summed E-state index contributed by atoms with van der Waals surface area (Å²) in [5.41, 5.74) is 14.8. The van der Waals surface area contributed by atoms with E-state index in [2.05, 4.69) is 93.4 Å². The van der Waals surface area contributed by atoms with Crippen LogP contribution in [0.1, 0.15) is 245 Å². The molecule has 6 aliphatic heterocycles. The van der Waals surface area contributed by atoms with E-state index in [-0.39, 0.29) is 113 Å². The third-order valence-corrected chi connectivity index (χ3v) is 26.0. The molecule has 4 aromatic heterocycles. The molecule has 6 aliphatic rings. The van der Waals surface area contributed by atoms with Crippen LogP contribution >= 0.6 is 0 Å². The molecule has 6 N–H and O–H groups in total. The first-order chi connectivity index (χ1) is 68.1. The Morgan fingerprint density at radius 3 is 0.902 bits per heavy atom. The van der Waals surface area contributed by atoms with Crippen molar-refractivity contribution < 1.29 is 116 Å². The maximum atomic E-state index is 13.2. The molecule has 0 bridgehead atoms. The normalized spacial score (nSPS) is 15.5. The van der Waals surface area contributed by atoms with Crippen LogP contribution in [0.5, 0.6) is 23.0 Å². The van der Waals surface area contributed by atoms with E-state index in [9.17, 15) is 61.1 Å². The first kappa shape index (κ1) is 116. The van der Waals surface area contributed by atoms with Crippen LogP contribution in [0.3, 0.4) is 0 Å². The summed E-state index contributed by atoms with van der Waals surface area (Å²) in [5.74, 6) is 1.63. The summed E-state index contributed by atoms with van der Waals surface area (Å²) in [6.45, 7) is 17.5. The number of pyridine rings is 4. The van der Waals surface area contributed by atoms with Gasteiger partial charge in [-0.2, -0.15) is 0 Å². The standard InChI is InChI=1S/C33H36FN3O4.C22H26N2O3.C21H24N2O4.C13H20N2O.C12H14FNO.C8H7NO3.CH3F.CH4.Li.H2O/c1-41-29-9-2-24(3-10-29)22-36-16-12-23(13-17-36)20-31(38)30-11-6-27(21-35-30)33(40)37-18-14-26(15-19-37)32(39)25-4-7-28(34)8-5-25;1-16(25)19-5-8-21(23-14-19)22(26)13-17-9-11-24(12-10-17)15-18-3-6-20(27-2)7-4-18;1-27-18-5-2-16(3-6-18)14-23-10-8-15(9-11-23)12-20(24)19-7-4-17(13-22-19)21(25)26;1-16-13-4-2-11(3-5-13)10-15-8-6-12(14)7-9-15;13-11-3-1-9(2-4-11)12(15)10-5-7-14-8-6-10;1-5(10)6-2-3-7(8(11)12)9-4-6;1-2;;;/h2-11,21,23,26H,12-20,22H2,1H3;3-8,14,17H,9-13,15H2,1-2H3;2-7,13,15H,8-12,14H2,1H3,(H,25,26);2-5,12H,6-10,14H2,1H3;1-4,10,14H,5-8H2;2-4H,1H3,(H,11,12);1H3;1H4;;1H2/q;;;;;;;;+1;/p-1/i;;;;;;1D;;;. The summed E-state index contributed by atoms with van der Waals surface area (Å²) in [4.78, 5) is 146. The minimum atomic E-state index is -1.09. The van der Waals surface area contributed by atoms with Crippen molar-refractivity contribution in [2.24, 2.45) is 35.3 Å². The molecule has 10 aromatic rings. The number of nitrogens with one attached hydrogen (secondary N) is 1. The number of nitrogens with two attached hydrogens (primary N) is 1. The van der Waals surface area contributed by atoms with Gasteiger partial charge in [0.2, 0.25) is 0 Å². The Morgan fingerprint density at radius 1 is 0.371 bits per heavy atom. The number of ketones is 7. The predicted octanol–water partition coefficient (Wildman–Crippen LogP) is 15.2. The first-order valence-electron chi connectivity index (χ1n) is 48.3. The number of nitrogens with zero attached hydrogens (tertiary/aromatic N) is 9. The van der Waals surface area contributed by atoms with Crippen molar-refractivity contribution >= 4 is 58.3 Å². The molecule has 758 valence electrons. The number of aromatic carboxylic acids is 2. The van der Waals surface area contributed by atoms with Gasteiger partial charge in [0.1, 0.15) is 57.4 Å². The monoisotopic (exact) mass is 1960 g/mol. The fraction of sp³-hybridized carbons (Fsp3) is 0.405. The van der Waals surface area contributed by atoms with Crippen molar-refractivity contribution in [3.63, 3.8) is 0 Å². The third kappa shape index (κ3) is 38.5. The van der Waals surface area contributed by atoms with Gasteiger partial charge >= 0.3 is 30.8 Å². The summed E-state index contributed by atoms with van der Waals surface area (Å²) in [6.07, 6.45) is 18.0. The van der Waals surface area contributed by atoms with Crippen molar-refractivity contribution in [2.45, 2.75) is 150 Å². The van der Waals surface area contributed by atoms with E-state index in [4.69, 9.17) is 36.3 Å². The van der Waals surface area contributed by atoms with E-state index in [0.29, 0.717) is 114 Å². The van der Waals surface area contributed by atoms with Crippen LogP contribution in [-0.4, -0.2) is 239 Å². The Bertz CT molecular complexity index is 5440. The molecule has 0 radical (unpaired) electrons. The molecule has 143 heavy (non-hydrogen) atoms. The number of carbonyl (C=O) groups is 10. The Labute approximate surface area is 850 Å². The molecule has 28 nitrogen and oxygen atoms in total. The second-order valence-corrected chi connectivity index (χ2v) is 35.8. The number of carboxylic acids is 2. The average Bonchev–Trinajstić information content (AvgIpc) is 0.789. The number of amides is 1. The summed E-state index contributed by atoms with van der Waals surface area (Å²) >= 11 is 0. The average molecular weight is 1960 g/mol. The molecule has 1 amide bonds. The number of hydrogen-bond acceptors (Lipinski definition) is 25. The van der Waals surface area contributed by atoms with Crippen LogP contribution < -0.4 is 48.9 Å². The van der Waals surface area contributed by atoms with Gasteiger partial charge < -0.3 is 50.6 Å². The van der Waals surface area contributed by atoms with Crippen LogP contribution in [0.15, 0.2) is 219 Å². The molecule has 6 fully saturated rings.